The van der Waals surface area contributed by atoms with Gasteiger partial charge in [-0.05, 0) is 49.7 Å². The molecule has 2 rings (SSSR count). The molecule has 4 nitrogen and oxygen atoms in total. The van der Waals surface area contributed by atoms with Gasteiger partial charge in [-0.15, -0.1) is 0 Å². The first-order chi connectivity index (χ1) is 11.8. The maximum absolute atomic E-state index is 13.3. The van der Waals surface area contributed by atoms with Crippen molar-refractivity contribution in [1.29, 1.82) is 0 Å². The van der Waals surface area contributed by atoms with Crippen LogP contribution in [-0.4, -0.2) is 19.6 Å². The number of anilines is 1. The molecule has 2 aromatic carbocycles. The highest BCUT2D eigenvalue weighted by molar-refractivity contribution is 7.92. The topological polar surface area (TPSA) is 57.6 Å². The van der Waals surface area contributed by atoms with Crippen molar-refractivity contribution >= 4 is 38.9 Å². The smallest absolute Gasteiger partial charge is 0.264 e. The molecule has 2 aromatic rings. The zero-order valence-electron chi connectivity index (χ0n) is 14.1. The Bertz CT molecular complexity index is 823. The Hall–Kier alpha value is -1.27. The number of hydrogen-bond acceptors (Lipinski definition) is 3. The van der Waals surface area contributed by atoms with Gasteiger partial charge in [-0.25, -0.2) is 8.42 Å². The summed E-state index contributed by atoms with van der Waals surface area (Å²) in [5.74, 6) is 0. The Labute approximate surface area is 159 Å². The molecule has 0 saturated heterocycles. The second kappa shape index (κ2) is 8.41. The van der Waals surface area contributed by atoms with E-state index in [0.717, 1.165) is 6.42 Å². The fourth-order valence-corrected chi connectivity index (χ4v) is 4.74. The number of benzene rings is 2. The summed E-state index contributed by atoms with van der Waals surface area (Å²) in [5.41, 5.74) is 0.899. The molecule has 0 aliphatic heterocycles. The highest BCUT2D eigenvalue weighted by Gasteiger charge is 2.30. The molecule has 0 aliphatic rings. The van der Waals surface area contributed by atoms with Gasteiger partial charge < -0.3 is 5.11 Å². The zero-order valence-corrected chi connectivity index (χ0v) is 16.4. The van der Waals surface area contributed by atoms with Gasteiger partial charge in [-0.2, -0.15) is 0 Å². The number of halogens is 2. The standard InChI is InChI=1S/C18H21Cl2NO3S/c1-3-4-13(2)21(18-11-16(20)6-5-14(18)12-22)25(23,24)17-9-7-15(19)8-10-17/h5-11,13,22H,3-4,12H2,1-2H3/t13-/m1/s1. The predicted octanol–water partition coefficient (Wildman–Crippen LogP) is 4.87. The highest BCUT2D eigenvalue weighted by Crippen LogP contribution is 2.33. The molecule has 0 aliphatic carbocycles. The van der Waals surface area contributed by atoms with E-state index in [1.165, 1.54) is 16.4 Å². The molecule has 0 bridgehead atoms. The lowest BCUT2D eigenvalue weighted by Gasteiger charge is -2.32. The maximum Gasteiger partial charge on any atom is 0.264 e. The van der Waals surface area contributed by atoms with Crippen molar-refractivity contribution in [2.75, 3.05) is 4.31 Å². The summed E-state index contributed by atoms with van der Waals surface area (Å²) in [6.45, 7) is 3.56. The van der Waals surface area contributed by atoms with E-state index in [4.69, 9.17) is 23.2 Å². The van der Waals surface area contributed by atoms with Gasteiger partial charge in [0.15, 0.2) is 0 Å². The Morgan fingerprint density at radius 3 is 2.24 bits per heavy atom. The second-order valence-corrected chi connectivity index (χ2v) is 8.51. The summed E-state index contributed by atoms with van der Waals surface area (Å²) >= 11 is 12.0. The summed E-state index contributed by atoms with van der Waals surface area (Å²) in [4.78, 5) is 0.142. The van der Waals surface area contributed by atoms with Crippen LogP contribution in [0.3, 0.4) is 0 Å². The van der Waals surface area contributed by atoms with Crippen molar-refractivity contribution in [1.82, 2.24) is 0 Å². The Kier molecular flexibility index (Phi) is 6.74. The number of sulfonamides is 1. The molecule has 0 heterocycles. The van der Waals surface area contributed by atoms with Crippen LogP contribution in [0.25, 0.3) is 0 Å². The van der Waals surface area contributed by atoms with E-state index in [1.54, 1.807) is 30.3 Å². The van der Waals surface area contributed by atoms with Gasteiger partial charge in [0.2, 0.25) is 0 Å². The molecule has 1 N–H and O–H groups in total. The summed E-state index contributed by atoms with van der Waals surface area (Å²) in [6, 6.07) is 10.6. The minimum Gasteiger partial charge on any atom is -0.392 e. The van der Waals surface area contributed by atoms with Crippen molar-refractivity contribution in [3.05, 3.63) is 58.1 Å². The van der Waals surface area contributed by atoms with Crippen LogP contribution in [0, 0.1) is 0 Å². The van der Waals surface area contributed by atoms with Crippen LogP contribution in [0.15, 0.2) is 47.4 Å². The molecule has 0 unspecified atom stereocenters. The van der Waals surface area contributed by atoms with E-state index in [2.05, 4.69) is 0 Å². The van der Waals surface area contributed by atoms with Crippen LogP contribution >= 0.6 is 23.2 Å². The van der Waals surface area contributed by atoms with E-state index in [0.29, 0.717) is 27.7 Å². The normalized spacial score (nSPS) is 12.8. The van der Waals surface area contributed by atoms with E-state index >= 15 is 0 Å². The number of hydrogen-bond donors (Lipinski definition) is 1. The third-order valence-corrected chi connectivity index (χ3v) is 6.36. The molecule has 0 radical (unpaired) electrons. The molecule has 7 heteroatoms. The Morgan fingerprint density at radius 2 is 1.68 bits per heavy atom. The van der Waals surface area contributed by atoms with Gasteiger partial charge in [-0.3, -0.25) is 4.31 Å². The summed E-state index contributed by atoms with van der Waals surface area (Å²) < 4.78 is 27.9. The van der Waals surface area contributed by atoms with Crippen LogP contribution < -0.4 is 4.31 Å². The number of nitrogens with zero attached hydrogens (tertiary/aromatic N) is 1. The van der Waals surface area contributed by atoms with Gasteiger partial charge in [0.25, 0.3) is 10.0 Å². The van der Waals surface area contributed by atoms with E-state index < -0.39 is 10.0 Å². The quantitative estimate of drug-likeness (QED) is 0.719. The SMILES string of the molecule is CCC[C@@H](C)N(c1cc(Cl)ccc1CO)S(=O)(=O)c1ccc(Cl)cc1. The van der Waals surface area contributed by atoms with Gasteiger partial charge in [0.05, 0.1) is 17.2 Å². The number of rotatable bonds is 7. The van der Waals surface area contributed by atoms with Crippen molar-refractivity contribution in [3.8, 4) is 0 Å². The summed E-state index contributed by atoms with van der Waals surface area (Å²) in [6.07, 6.45) is 1.49. The lowest BCUT2D eigenvalue weighted by Crippen LogP contribution is -2.39. The van der Waals surface area contributed by atoms with Crippen LogP contribution in [0.5, 0.6) is 0 Å². The fourth-order valence-electron chi connectivity index (χ4n) is 2.73. The highest BCUT2D eigenvalue weighted by atomic mass is 35.5. The fraction of sp³-hybridized carbons (Fsp3) is 0.333. The van der Waals surface area contributed by atoms with Crippen LogP contribution in [0.1, 0.15) is 32.3 Å². The van der Waals surface area contributed by atoms with Crippen LogP contribution in [0.2, 0.25) is 10.0 Å². The van der Waals surface area contributed by atoms with Crippen LogP contribution in [0.4, 0.5) is 5.69 Å². The molecular weight excluding hydrogens is 381 g/mol. The third-order valence-electron chi connectivity index (χ3n) is 3.93. The minimum absolute atomic E-state index is 0.142. The minimum atomic E-state index is -3.84. The predicted molar refractivity (Wildman–Crippen MR) is 103 cm³/mol. The van der Waals surface area contributed by atoms with Gasteiger partial charge in [0.1, 0.15) is 0 Å². The molecule has 136 valence electrons. The number of aliphatic hydroxyl groups is 1. The van der Waals surface area contributed by atoms with E-state index in [-0.39, 0.29) is 17.5 Å². The average Bonchev–Trinajstić information content (AvgIpc) is 2.55. The maximum atomic E-state index is 13.3. The lowest BCUT2D eigenvalue weighted by atomic mass is 10.1. The largest absolute Gasteiger partial charge is 0.392 e. The molecule has 0 saturated carbocycles. The molecule has 0 spiro atoms. The second-order valence-electron chi connectivity index (χ2n) is 5.82. The molecular formula is C18H21Cl2NO3S. The van der Waals surface area contributed by atoms with E-state index in [1.807, 2.05) is 13.8 Å². The van der Waals surface area contributed by atoms with Crippen LogP contribution in [-0.2, 0) is 16.6 Å². The Balaban J connectivity index is 2.64. The first kappa shape index (κ1) is 20.0. The number of aliphatic hydroxyl groups excluding tert-OH is 1. The summed E-state index contributed by atoms with van der Waals surface area (Å²) in [7, 11) is -3.84. The molecule has 0 amide bonds. The van der Waals surface area contributed by atoms with Crippen molar-refractivity contribution in [2.24, 2.45) is 0 Å². The monoisotopic (exact) mass is 401 g/mol. The first-order valence-electron chi connectivity index (χ1n) is 8.00. The van der Waals surface area contributed by atoms with Gasteiger partial charge in [-0.1, -0.05) is 42.6 Å². The van der Waals surface area contributed by atoms with Crippen molar-refractivity contribution in [2.45, 2.75) is 44.2 Å². The van der Waals surface area contributed by atoms with Crippen molar-refractivity contribution < 1.29 is 13.5 Å². The lowest BCUT2D eigenvalue weighted by molar-refractivity contribution is 0.282. The first-order valence-corrected chi connectivity index (χ1v) is 10.2. The molecule has 1 atom stereocenters. The average molecular weight is 402 g/mol. The molecule has 0 aromatic heterocycles. The van der Waals surface area contributed by atoms with Crippen molar-refractivity contribution in [3.63, 3.8) is 0 Å². The molecule has 25 heavy (non-hydrogen) atoms. The van der Waals surface area contributed by atoms with E-state index in [9.17, 15) is 13.5 Å². The summed E-state index contributed by atoms with van der Waals surface area (Å²) in [5, 5.41) is 10.5. The third kappa shape index (κ3) is 4.47. The van der Waals surface area contributed by atoms with Gasteiger partial charge in [0, 0.05) is 21.7 Å². The Morgan fingerprint density at radius 1 is 1.08 bits per heavy atom. The molecule has 0 fully saturated rings. The zero-order chi connectivity index (χ0) is 18.6. The van der Waals surface area contributed by atoms with Gasteiger partial charge >= 0.3 is 0 Å².